The van der Waals surface area contributed by atoms with Gasteiger partial charge in [0.1, 0.15) is 5.76 Å². The SMILES string of the molecule is CCCS(=O)(=O)N1CCc2nc(NC(=O)c3cc(C)on3)sc2C1. The van der Waals surface area contributed by atoms with Crippen LogP contribution >= 0.6 is 11.3 Å². The molecule has 3 rings (SSSR count). The Morgan fingerprint density at radius 2 is 2.29 bits per heavy atom. The lowest BCUT2D eigenvalue weighted by Gasteiger charge is -2.25. The molecule has 1 N–H and O–H groups in total. The number of sulfonamides is 1. The van der Waals surface area contributed by atoms with Gasteiger partial charge in [-0.15, -0.1) is 11.3 Å². The number of anilines is 1. The lowest BCUT2D eigenvalue weighted by molar-refractivity contribution is 0.101. The average Bonchev–Trinajstić information content (AvgIpc) is 3.11. The Balaban J connectivity index is 1.72. The van der Waals surface area contributed by atoms with Crippen LogP contribution in [0.4, 0.5) is 5.13 Å². The van der Waals surface area contributed by atoms with Crippen LogP contribution in [0.5, 0.6) is 0 Å². The van der Waals surface area contributed by atoms with Crippen molar-refractivity contribution in [3.05, 3.63) is 28.1 Å². The number of rotatable bonds is 5. The molecule has 10 heteroatoms. The fourth-order valence-electron chi connectivity index (χ4n) is 2.48. The zero-order valence-electron chi connectivity index (χ0n) is 13.4. The highest BCUT2D eigenvalue weighted by Crippen LogP contribution is 2.29. The van der Waals surface area contributed by atoms with Crippen LogP contribution in [0.1, 0.15) is 40.2 Å². The van der Waals surface area contributed by atoms with E-state index in [1.807, 2.05) is 6.92 Å². The summed E-state index contributed by atoms with van der Waals surface area (Å²) in [6.07, 6.45) is 1.14. The minimum Gasteiger partial charge on any atom is -0.361 e. The highest BCUT2D eigenvalue weighted by molar-refractivity contribution is 7.89. The van der Waals surface area contributed by atoms with Crippen LogP contribution in [0.25, 0.3) is 0 Å². The molecule has 0 saturated heterocycles. The number of hydrogen-bond donors (Lipinski definition) is 1. The summed E-state index contributed by atoms with van der Waals surface area (Å²) < 4.78 is 30.7. The van der Waals surface area contributed by atoms with Crippen LogP contribution in [-0.4, -0.2) is 41.1 Å². The van der Waals surface area contributed by atoms with E-state index in [0.717, 1.165) is 10.6 Å². The van der Waals surface area contributed by atoms with E-state index in [-0.39, 0.29) is 11.4 Å². The van der Waals surface area contributed by atoms with Crippen molar-refractivity contribution in [2.24, 2.45) is 0 Å². The maximum absolute atomic E-state index is 12.2. The lowest BCUT2D eigenvalue weighted by Crippen LogP contribution is -2.36. The van der Waals surface area contributed by atoms with Gasteiger partial charge in [-0.05, 0) is 13.3 Å². The predicted octanol–water partition coefficient (Wildman–Crippen LogP) is 1.79. The molecule has 0 unspecified atom stereocenters. The Morgan fingerprint density at radius 1 is 1.50 bits per heavy atom. The normalized spacial score (nSPS) is 15.2. The lowest BCUT2D eigenvalue weighted by atomic mass is 10.2. The van der Waals surface area contributed by atoms with Crippen LogP contribution in [0.2, 0.25) is 0 Å². The van der Waals surface area contributed by atoms with E-state index in [0.29, 0.717) is 36.8 Å². The highest BCUT2D eigenvalue weighted by atomic mass is 32.2. The number of carbonyl (C=O) groups excluding carboxylic acids is 1. The van der Waals surface area contributed by atoms with Gasteiger partial charge in [0.15, 0.2) is 10.8 Å². The van der Waals surface area contributed by atoms with Gasteiger partial charge in [0.25, 0.3) is 5.91 Å². The molecule has 0 aliphatic carbocycles. The van der Waals surface area contributed by atoms with Crippen LogP contribution in [-0.2, 0) is 23.0 Å². The van der Waals surface area contributed by atoms with Gasteiger partial charge in [-0.1, -0.05) is 12.1 Å². The summed E-state index contributed by atoms with van der Waals surface area (Å²) in [6, 6.07) is 1.54. The van der Waals surface area contributed by atoms with E-state index in [2.05, 4.69) is 15.5 Å². The van der Waals surface area contributed by atoms with E-state index in [1.165, 1.54) is 15.6 Å². The van der Waals surface area contributed by atoms with Crippen molar-refractivity contribution in [1.29, 1.82) is 0 Å². The van der Waals surface area contributed by atoms with Crippen molar-refractivity contribution in [1.82, 2.24) is 14.4 Å². The predicted molar refractivity (Wildman–Crippen MR) is 89.5 cm³/mol. The molecule has 24 heavy (non-hydrogen) atoms. The van der Waals surface area contributed by atoms with E-state index >= 15 is 0 Å². The summed E-state index contributed by atoms with van der Waals surface area (Å²) in [7, 11) is -3.23. The first kappa shape index (κ1) is 17.1. The third kappa shape index (κ3) is 3.50. The smallest absolute Gasteiger partial charge is 0.279 e. The highest BCUT2D eigenvalue weighted by Gasteiger charge is 2.28. The van der Waals surface area contributed by atoms with Crippen molar-refractivity contribution in [3.8, 4) is 0 Å². The summed E-state index contributed by atoms with van der Waals surface area (Å²) in [6.45, 7) is 4.29. The summed E-state index contributed by atoms with van der Waals surface area (Å²) >= 11 is 1.30. The molecule has 0 radical (unpaired) electrons. The zero-order chi connectivity index (χ0) is 17.3. The Hall–Kier alpha value is -1.78. The third-order valence-corrected chi connectivity index (χ3v) is 6.65. The topological polar surface area (TPSA) is 105 Å². The van der Waals surface area contributed by atoms with Gasteiger partial charge in [-0.25, -0.2) is 13.4 Å². The fourth-order valence-corrected chi connectivity index (χ4v) is 5.05. The maximum Gasteiger partial charge on any atom is 0.279 e. The Morgan fingerprint density at radius 3 is 2.96 bits per heavy atom. The summed E-state index contributed by atoms with van der Waals surface area (Å²) in [5.41, 5.74) is 1.03. The van der Waals surface area contributed by atoms with E-state index < -0.39 is 15.9 Å². The van der Waals surface area contributed by atoms with Gasteiger partial charge in [0.2, 0.25) is 10.0 Å². The second-order valence-electron chi connectivity index (χ2n) is 5.57. The van der Waals surface area contributed by atoms with Gasteiger partial charge >= 0.3 is 0 Å². The first-order chi connectivity index (χ1) is 11.4. The monoisotopic (exact) mass is 370 g/mol. The van der Waals surface area contributed by atoms with Gasteiger partial charge in [0.05, 0.1) is 11.4 Å². The minimum atomic E-state index is -3.23. The van der Waals surface area contributed by atoms with Crippen LogP contribution in [0.3, 0.4) is 0 Å². The van der Waals surface area contributed by atoms with Crippen LogP contribution in [0, 0.1) is 6.92 Å². The summed E-state index contributed by atoms with van der Waals surface area (Å²) in [5, 5.41) is 6.79. The molecular formula is C14H18N4O4S2. The Labute approximate surface area is 143 Å². The van der Waals surface area contributed by atoms with E-state index in [1.54, 1.807) is 13.0 Å². The molecule has 2 aromatic heterocycles. The number of hydrogen-bond acceptors (Lipinski definition) is 7. The van der Waals surface area contributed by atoms with Crippen molar-refractivity contribution in [2.45, 2.75) is 33.2 Å². The van der Waals surface area contributed by atoms with Gasteiger partial charge in [0, 0.05) is 30.5 Å². The number of amides is 1. The molecule has 2 aromatic rings. The molecule has 0 spiro atoms. The number of fused-ring (bicyclic) bond motifs is 1. The van der Waals surface area contributed by atoms with E-state index in [9.17, 15) is 13.2 Å². The number of aromatic nitrogens is 2. The second kappa shape index (κ2) is 6.61. The molecule has 3 heterocycles. The van der Waals surface area contributed by atoms with Crippen molar-refractivity contribution in [2.75, 3.05) is 17.6 Å². The summed E-state index contributed by atoms with van der Waals surface area (Å²) in [5.74, 6) is 0.305. The Kier molecular flexibility index (Phi) is 4.70. The molecule has 0 bridgehead atoms. The number of nitrogens with zero attached hydrogens (tertiary/aromatic N) is 3. The number of thiazole rings is 1. The molecule has 8 nitrogen and oxygen atoms in total. The quantitative estimate of drug-likeness (QED) is 0.860. The molecule has 0 atom stereocenters. The molecule has 130 valence electrons. The van der Waals surface area contributed by atoms with Crippen molar-refractivity contribution < 1.29 is 17.7 Å². The van der Waals surface area contributed by atoms with Crippen molar-refractivity contribution >= 4 is 32.4 Å². The number of nitrogens with one attached hydrogen (secondary N) is 1. The first-order valence-electron chi connectivity index (χ1n) is 7.60. The number of carbonyl (C=O) groups is 1. The number of aryl methyl sites for hydroxylation is 1. The van der Waals surface area contributed by atoms with Crippen LogP contribution in [0.15, 0.2) is 10.6 Å². The molecule has 0 aromatic carbocycles. The van der Waals surface area contributed by atoms with E-state index in [4.69, 9.17) is 4.52 Å². The minimum absolute atomic E-state index is 0.149. The van der Waals surface area contributed by atoms with Gasteiger partial charge in [-0.2, -0.15) is 4.31 Å². The standard InChI is InChI=1S/C14H18N4O4S2/c1-3-6-24(20,21)18-5-4-10-12(8-18)23-14(15-10)16-13(19)11-7-9(2)22-17-11/h7H,3-6,8H2,1-2H3,(H,15,16,19). The molecule has 1 aliphatic rings. The Bertz CT molecular complexity index is 856. The third-order valence-electron chi connectivity index (χ3n) is 3.63. The van der Waals surface area contributed by atoms with Crippen LogP contribution < -0.4 is 5.32 Å². The molecule has 0 saturated carbocycles. The maximum atomic E-state index is 12.2. The largest absolute Gasteiger partial charge is 0.361 e. The summed E-state index contributed by atoms with van der Waals surface area (Å²) in [4.78, 5) is 17.3. The first-order valence-corrected chi connectivity index (χ1v) is 10.0. The molecule has 0 fully saturated rings. The fraction of sp³-hybridized carbons (Fsp3) is 0.500. The van der Waals surface area contributed by atoms with Crippen molar-refractivity contribution in [3.63, 3.8) is 0 Å². The molecule has 1 amide bonds. The average molecular weight is 370 g/mol. The zero-order valence-corrected chi connectivity index (χ0v) is 15.0. The van der Waals surface area contributed by atoms with Gasteiger partial charge in [-0.3, -0.25) is 10.1 Å². The second-order valence-corrected chi connectivity index (χ2v) is 8.74. The molecular weight excluding hydrogens is 352 g/mol. The molecule has 1 aliphatic heterocycles. The van der Waals surface area contributed by atoms with Gasteiger partial charge < -0.3 is 4.52 Å².